The van der Waals surface area contributed by atoms with Crippen LogP contribution in [-0.2, 0) is 15.1 Å². The van der Waals surface area contributed by atoms with Gasteiger partial charge in [-0.1, -0.05) is 18.2 Å². The maximum atomic E-state index is 12.6. The third-order valence-corrected chi connectivity index (χ3v) is 4.42. The number of imide groups is 1. The van der Waals surface area contributed by atoms with Crippen molar-refractivity contribution in [1.82, 2.24) is 10.2 Å². The summed E-state index contributed by atoms with van der Waals surface area (Å²) in [7, 11) is 0. The highest BCUT2D eigenvalue weighted by molar-refractivity contribution is 7.08. The van der Waals surface area contributed by atoms with Crippen LogP contribution in [0, 0.1) is 0 Å². The number of carbonyl (C=O) groups is 3. The number of carbonyl (C=O) groups excluding carboxylic acids is 3. The van der Waals surface area contributed by atoms with Crippen molar-refractivity contribution in [2.75, 3.05) is 11.9 Å². The number of para-hydroxylation sites is 1. The van der Waals surface area contributed by atoms with Crippen molar-refractivity contribution in [2.45, 2.75) is 12.5 Å². The van der Waals surface area contributed by atoms with Crippen molar-refractivity contribution >= 4 is 34.9 Å². The zero-order chi connectivity index (χ0) is 16.4. The predicted molar refractivity (Wildman–Crippen MR) is 87.0 cm³/mol. The minimum atomic E-state index is -1.12. The number of benzene rings is 1. The molecule has 1 fully saturated rings. The van der Waals surface area contributed by atoms with Crippen molar-refractivity contribution in [3.05, 3.63) is 52.7 Å². The summed E-state index contributed by atoms with van der Waals surface area (Å²) in [5, 5.41) is 8.98. The van der Waals surface area contributed by atoms with Gasteiger partial charge in [0.25, 0.3) is 5.91 Å². The molecule has 2 N–H and O–H groups in total. The highest BCUT2D eigenvalue weighted by Gasteiger charge is 2.49. The first-order chi connectivity index (χ1) is 11.0. The van der Waals surface area contributed by atoms with E-state index in [4.69, 9.17) is 0 Å². The first-order valence-electron chi connectivity index (χ1n) is 7.02. The molecule has 3 rings (SSSR count). The molecule has 0 radical (unpaired) electrons. The second-order valence-electron chi connectivity index (χ2n) is 5.37. The van der Waals surface area contributed by atoms with E-state index in [9.17, 15) is 14.4 Å². The molecule has 2 heterocycles. The summed E-state index contributed by atoms with van der Waals surface area (Å²) in [5.41, 5.74) is 0.210. The fourth-order valence-corrected chi connectivity index (χ4v) is 3.22. The van der Waals surface area contributed by atoms with E-state index in [0.29, 0.717) is 11.3 Å². The van der Waals surface area contributed by atoms with Gasteiger partial charge in [0.15, 0.2) is 0 Å². The van der Waals surface area contributed by atoms with Crippen molar-refractivity contribution in [2.24, 2.45) is 0 Å². The molecule has 1 aromatic carbocycles. The summed E-state index contributed by atoms with van der Waals surface area (Å²) in [4.78, 5) is 37.7. The van der Waals surface area contributed by atoms with Crippen LogP contribution in [0.15, 0.2) is 47.2 Å². The molecule has 0 bridgehead atoms. The van der Waals surface area contributed by atoms with Crippen LogP contribution < -0.4 is 10.6 Å². The van der Waals surface area contributed by atoms with Crippen LogP contribution in [0.4, 0.5) is 10.5 Å². The minimum absolute atomic E-state index is 0.320. The lowest BCUT2D eigenvalue weighted by molar-refractivity contribution is -0.133. The van der Waals surface area contributed by atoms with Gasteiger partial charge >= 0.3 is 6.03 Å². The molecule has 0 spiro atoms. The monoisotopic (exact) mass is 329 g/mol. The summed E-state index contributed by atoms with van der Waals surface area (Å²) >= 11 is 1.44. The zero-order valence-electron chi connectivity index (χ0n) is 12.4. The van der Waals surface area contributed by atoms with Gasteiger partial charge in [0.2, 0.25) is 5.91 Å². The Morgan fingerprint density at radius 3 is 2.65 bits per heavy atom. The number of rotatable bonds is 4. The lowest BCUT2D eigenvalue weighted by Gasteiger charge is -2.20. The minimum Gasteiger partial charge on any atom is -0.325 e. The molecule has 2 aromatic rings. The SMILES string of the molecule is C[C@@]1(c2ccsc2)NC(=O)N(CC(=O)Nc2ccccc2)C1=O. The lowest BCUT2D eigenvalue weighted by atomic mass is 9.95. The fourth-order valence-electron chi connectivity index (χ4n) is 2.45. The number of urea groups is 1. The zero-order valence-corrected chi connectivity index (χ0v) is 13.2. The Bertz CT molecular complexity index is 745. The van der Waals surface area contributed by atoms with Crippen LogP contribution >= 0.6 is 11.3 Å². The van der Waals surface area contributed by atoms with E-state index in [-0.39, 0.29) is 6.54 Å². The standard InChI is InChI=1S/C16H15N3O3S/c1-16(11-7-8-23-10-11)14(21)19(15(22)18-16)9-13(20)17-12-5-3-2-4-6-12/h2-8,10H,9H2,1H3,(H,17,20)(H,18,22)/t16-/m0/s1. The second-order valence-corrected chi connectivity index (χ2v) is 6.15. The quantitative estimate of drug-likeness (QED) is 0.844. The summed E-state index contributed by atoms with van der Waals surface area (Å²) in [5.74, 6) is -0.849. The number of nitrogens with one attached hydrogen (secondary N) is 2. The molecule has 1 aromatic heterocycles. The molecule has 23 heavy (non-hydrogen) atoms. The molecule has 1 aliphatic heterocycles. The maximum absolute atomic E-state index is 12.6. The van der Waals surface area contributed by atoms with E-state index in [0.717, 1.165) is 4.90 Å². The third-order valence-electron chi connectivity index (χ3n) is 3.73. The number of nitrogens with zero attached hydrogens (tertiary/aromatic N) is 1. The normalized spacial score (nSPS) is 20.5. The van der Waals surface area contributed by atoms with E-state index in [1.165, 1.54) is 11.3 Å². The Kier molecular flexibility index (Phi) is 3.87. The van der Waals surface area contributed by atoms with E-state index in [1.54, 1.807) is 37.3 Å². The van der Waals surface area contributed by atoms with Gasteiger partial charge in [0.1, 0.15) is 12.1 Å². The molecule has 6 nitrogen and oxygen atoms in total. The van der Waals surface area contributed by atoms with Crippen molar-refractivity contribution in [3.8, 4) is 0 Å². The molecule has 1 aliphatic rings. The van der Waals surface area contributed by atoms with Gasteiger partial charge in [-0.25, -0.2) is 4.79 Å². The van der Waals surface area contributed by atoms with Crippen LogP contribution in [0.25, 0.3) is 0 Å². The molecule has 0 unspecified atom stereocenters. The van der Waals surface area contributed by atoms with Crippen LogP contribution in [0.2, 0.25) is 0 Å². The molecule has 1 saturated heterocycles. The number of thiophene rings is 1. The van der Waals surface area contributed by atoms with E-state index in [2.05, 4.69) is 10.6 Å². The molecule has 1 atom stereocenters. The first kappa shape index (κ1) is 15.2. The Balaban J connectivity index is 1.72. The maximum Gasteiger partial charge on any atom is 0.325 e. The van der Waals surface area contributed by atoms with Crippen molar-refractivity contribution in [1.29, 1.82) is 0 Å². The average Bonchev–Trinajstić information content (AvgIpc) is 3.13. The van der Waals surface area contributed by atoms with Gasteiger partial charge < -0.3 is 10.6 Å². The van der Waals surface area contributed by atoms with Crippen LogP contribution in [0.1, 0.15) is 12.5 Å². The Labute approximate surface area is 137 Å². The number of hydrogen-bond donors (Lipinski definition) is 2. The lowest BCUT2D eigenvalue weighted by Crippen LogP contribution is -2.41. The molecule has 7 heteroatoms. The predicted octanol–water partition coefficient (Wildman–Crippen LogP) is 2.15. The second kappa shape index (κ2) is 5.85. The number of anilines is 1. The van der Waals surface area contributed by atoms with E-state index < -0.39 is 23.4 Å². The Morgan fingerprint density at radius 1 is 1.26 bits per heavy atom. The third kappa shape index (κ3) is 2.83. The van der Waals surface area contributed by atoms with Crippen molar-refractivity contribution < 1.29 is 14.4 Å². The molecule has 4 amide bonds. The van der Waals surface area contributed by atoms with Crippen LogP contribution in [-0.4, -0.2) is 29.3 Å². The van der Waals surface area contributed by atoms with Crippen LogP contribution in [0.3, 0.4) is 0 Å². The number of amides is 4. The van der Waals surface area contributed by atoms with Gasteiger partial charge in [-0.15, -0.1) is 0 Å². The van der Waals surface area contributed by atoms with E-state index >= 15 is 0 Å². The molecule has 118 valence electrons. The molecular formula is C16H15N3O3S. The van der Waals surface area contributed by atoms with Gasteiger partial charge in [-0.3, -0.25) is 14.5 Å². The first-order valence-corrected chi connectivity index (χ1v) is 7.96. The highest BCUT2D eigenvalue weighted by atomic mass is 32.1. The largest absolute Gasteiger partial charge is 0.325 e. The smallest absolute Gasteiger partial charge is 0.325 e. The van der Waals surface area contributed by atoms with Gasteiger partial charge in [-0.05, 0) is 41.4 Å². The Morgan fingerprint density at radius 2 is 2.00 bits per heavy atom. The topological polar surface area (TPSA) is 78.5 Å². The molecule has 0 saturated carbocycles. The van der Waals surface area contributed by atoms with Gasteiger partial charge in [0.05, 0.1) is 0 Å². The molecular weight excluding hydrogens is 314 g/mol. The summed E-state index contributed by atoms with van der Waals surface area (Å²) in [6.45, 7) is 1.32. The summed E-state index contributed by atoms with van der Waals surface area (Å²) < 4.78 is 0. The summed E-state index contributed by atoms with van der Waals surface area (Å²) in [6, 6.07) is 10.1. The number of hydrogen-bond acceptors (Lipinski definition) is 4. The Hall–Kier alpha value is -2.67. The summed E-state index contributed by atoms with van der Waals surface area (Å²) in [6.07, 6.45) is 0. The molecule has 0 aliphatic carbocycles. The van der Waals surface area contributed by atoms with Crippen molar-refractivity contribution in [3.63, 3.8) is 0 Å². The van der Waals surface area contributed by atoms with E-state index in [1.807, 2.05) is 16.8 Å². The van der Waals surface area contributed by atoms with Gasteiger partial charge in [0, 0.05) is 5.69 Å². The van der Waals surface area contributed by atoms with Crippen LogP contribution in [0.5, 0.6) is 0 Å². The average molecular weight is 329 g/mol. The highest BCUT2D eigenvalue weighted by Crippen LogP contribution is 2.30. The van der Waals surface area contributed by atoms with Gasteiger partial charge in [-0.2, -0.15) is 11.3 Å². The fraction of sp³-hybridized carbons (Fsp3) is 0.188.